The van der Waals surface area contributed by atoms with Gasteiger partial charge in [0.25, 0.3) is 0 Å². The lowest BCUT2D eigenvalue weighted by Gasteiger charge is -2.28. The van der Waals surface area contributed by atoms with Crippen LogP contribution in [0.2, 0.25) is 0 Å². The first-order valence-corrected chi connectivity index (χ1v) is 5.94. The fourth-order valence-electron chi connectivity index (χ4n) is 2.52. The van der Waals surface area contributed by atoms with E-state index in [1.54, 1.807) is 0 Å². The van der Waals surface area contributed by atoms with E-state index < -0.39 is 11.6 Å². The Labute approximate surface area is 91.5 Å². The minimum absolute atomic E-state index is 0.0773. The van der Waals surface area contributed by atoms with E-state index in [0.29, 0.717) is 0 Å². The van der Waals surface area contributed by atoms with Gasteiger partial charge in [-0.3, -0.25) is 0 Å². The molecule has 0 radical (unpaired) electrons. The normalized spacial score (nSPS) is 31.7. The number of hydrogen-bond donors (Lipinski definition) is 2. The molecule has 0 aromatic carbocycles. The quantitative estimate of drug-likeness (QED) is 0.709. The Bertz CT molecular complexity index is 223. The lowest BCUT2D eigenvalue weighted by Crippen LogP contribution is -2.42. The minimum atomic E-state index is -1.54. The minimum Gasteiger partial charge on any atom is -0.479 e. The van der Waals surface area contributed by atoms with Crippen molar-refractivity contribution in [2.45, 2.75) is 58.0 Å². The Balaban J connectivity index is 2.61. The van der Waals surface area contributed by atoms with Gasteiger partial charge in [-0.1, -0.05) is 32.6 Å². The maximum Gasteiger partial charge on any atom is 0.335 e. The van der Waals surface area contributed by atoms with E-state index in [2.05, 4.69) is 6.92 Å². The third-order valence-corrected chi connectivity index (χ3v) is 3.89. The van der Waals surface area contributed by atoms with Gasteiger partial charge >= 0.3 is 5.97 Å². The SMILES string of the molecule is CCC1CCCC(C(C)(O)C(=O)O)CC1. The van der Waals surface area contributed by atoms with Crippen LogP contribution in [-0.2, 0) is 4.79 Å². The van der Waals surface area contributed by atoms with Gasteiger partial charge < -0.3 is 10.2 Å². The average molecular weight is 214 g/mol. The number of aliphatic carboxylic acids is 1. The van der Waals surface area contributed by atoms with E-state index in [4.69, 9.17) is 5.11 Å². The molecule has 88 valence electrons. The van der Waals surface area contributed by atoms with Crippen molar-refractivity contribution in [2.24, 2.45) is 11.8 Å². The van der Waals surface area contributed by atoms with Gasteiger partial charge in [0.1, 0.15) is 0 Å². The fourth-order valence-corrected chi connectivity index (χ4v) is 2.52. The summed E-state index contributed by atoms with van der Waals surface area (Å²) >= 11 is 0. The lowest BCUT2D eigenvalue weighted by atomic mass is 9.83. The Morgan fingerprint density at radius 1 is 1.33 bits per heavy atom. The highest BCUT2D eigenvalue weighted by Crippen LogP contribution is 2.35. The molecule has 1 fully saturated rings. The molecule has 0 amide bonds. The maximum atomic E-state index is 10.9. The van der Waals surface area contributed by atoms with E-state index in [-0.39, 0.29) is 5.92 Å². The van der Waals surface area contributed by atoms with Crippen molar-refractivity contribution in [3.63, 3.8) is 0 Å². The molecule has 1 rings (SSSR count). The number of hydrogen-bond acceptors (Lipinski definition) is 2. The molecule has 3 unspecified atom stereocenters. The van der Waals surface area contributed by atoms with Crippen molar-refractivity contribution in [2.75, 3.05) is 0 Å². The molecular formula is C12H22O3. The van der Waals surface area contributed by atoms with Crippen molar-refractivity contribution < 1.29 is 15.0 Å². The molecule has 0 aromatic heterocycles. The number of carbonyl (C=O) groups is 1. The van der Waals surface area contributed by atoms with E-state index in [0.717, 1.165) is 31.6 Å². The predicted octanol–water partition coefficient (Wildman–Crippen LogP) is 2.43. The summed E-state index contributed by atoms with van der Waals surface area (Å²) < 4.78 is 0. The first kappa shape index (κ1) is 12.5. The second kappa shape index (κ2) is 4.97. The number of carboxylic acids is 1. The van der Waals surface area contributed by atoms with Crippen LogP contribution in [-0.4, -0.2) is 21.8 Å². The Kier molecular flexibility index (Phi) is 4.14. The number of rotatable bonds is 3. The van der Waals surface area contributed by atoms with Gasteiger partial charge in [-0.05, 0) is 31.6 Å². The van der Waals surface area contributed by atoms with Crippen LogP contribution in [0.25, 0.3) is 0 Å². The van der Waals surface area contributed by atoms with Crippen LogP contribution >= 0.6 is 0 Å². The number of aliphatic hydroxyl groups is 1. The molecule has 0 heterocycles. The fraction of sp³-hybridized carbons (Fsp3) is 0.917. The van der Waals surface area contributed by atoms with E-state index >= 15 is 0 Å². The summed E-state index contributed by atoms with van der Waals surface area (Å²) in [5.74, 6) is -0.436. The molecule has 3 nitrogen and oxygen atoms in total. The van der Waals surface area contributed by atoms with Crippen molar-refractivity contribution in [3.05, 3.63) is 0 Å². The summed E-state index contributed by atoms with van der Waals surface area (Å²) in [6.45, 7) is 3.62. The lowest BCUT2D eigenvalue weighted by molar-refractivity contribution is -0.163. The molecule has 3 atom stereocenters. The molecule has 1 saturated carbocycles. The van der Waals surface area contributed by atoms with Crippen LogP contribution < -0.4 is 0 Å². The zero-order chi connectivity index (χ0) is 11.5. The average Bonchev–Trinajstić information content (AvgIpc) is 2.42. The highest BCUT2D eigenvalue weighted by Gasteiger charge is 2.39. The largest absolute Gasteiger partial charge is 0.479 e. The highest BCUT2D eigenvalue weighted by atomic mass is 16.4. The Morgan fingerprint density at radius 3 is 2.53 bits per heavy atom. The van der Waals surface area contributed by atoms with Crippen LogP contribution in [0.3, 0.4) is 0 Å². The van der Waals surface area contributed by atoms with Crippen LogP contribution in [0.1, 0.15) is 52.4 Å². The van der Waals surface area contributed by atoms with E-state index in [1.807, 2.05) is 0 Å². The van der Waals surface area contributed by atoms with Gasteiger partial charge in [0.15, 0.2) is 5.60 Å². The third kappa shape index (κ3) is 2.94. The summed E-state index contributed by atoms with van der Waals surface area (Å²) in [6, 6.07) is 0. The zero-order valence-corrected chi connectivity index (χ0v) is 9.70. The summed E-state index contributed by atoms with van der Waals surface area (Å²) in [6.07, 6.45) is 6.15. The topological polar surface area (TPSA) is 57.5 Å². The van der Waals surface area contributed by atoms with Gasteiger partial charge in [0.05, 0.1) is 0 Å². The van der Waals surface area contributed by atoms with Gasteiger partial charge in [-0.15, -0.1) is 0 Å². The van der Waals surface area contributed by atoms with Crippen LogP contribution in [0, 0.1) is 11.8 Å². The summed E-state index contributed by atoms with van der Waals surface area (Å²) in [5.41, 5.74) is -1.54. The van der Waals surface area contributed by atoms with E-state index in [1.165, 1.54) is 19.8 Å². The van der Waals surface area contributed by atoms with Gasteiger partial charge in [0.2, 0.25) is 0 Å². The molecular weight excluding hydrogens is 192 g/mol. The molecule has 1 aliphatic carbocycles. The monoisotopic (exact) mass is 214 g/mol. The highest BCUT2D eigenvalue weighted by molar-refractivity contribution is 5.76. The molecule has 2 N–H and O–H groups in total. The molecule has 0 aliphatic heterocycles. The first-order chi connectivity index (χ1) is 6.98. The Morgan fingerprint density at radius 2 is 2.00 bits per heavy atom. The standard InChI is InChI=1S/C12H22O3/c1-3-9-5-4-6-10(8-7-9)12(2,15)11(13)14/h9-10,15H,3-8H2,1-2H3,(H,13,14). The Hall–Kier alpha value is -0.570. The van der Waals surface area contributed by atoms with Gasteiger partial charge in [0, 0.05) is 0 Å². The predicted molar refractivity (Wildman–Crippen MR) is 58.6 cm³/mol. The van der Waals surface area contributed by atoms with Gasteiger partial charge in [-0.25, -0.2) is 4.79 Å². The zero-order valence-electron chi connectivity index (χ0n) is 9.70. The molecule has 0 aromatic rings. The van der Waals surface area contributed by atoms with Crippen LogP contribution in [0.5, 0.6) is 0 Å². The molecule has 0 bridgehead atoms. The summed E-state index contributed by atoms with van der Waals surface area (Å²) in [7, 11) is 0. The second-order valence-corrected chi connectivity index (χ2v) is 4.93. The smallest absolute Gasteiger partial charge is 0.335 e. The summed E-state index contributed by atoms with van der Waals surface area (Å²) in [4.78, 5) is 10.9. The van der Waals surface area contributed by atoms with E-state index in [9.17, 15) is 9.90 Å². The summed E-state index contributed by atoms with van der Waals surface area (Å²) in [5, 5.41) is 18.9. The van der Waals surface area contributed by atoms with Crippen LogP contribution in [0.15, 0.2) is 0 Å². The molecule has 0 spiro atoms. The van der Waals surface area contributed by atoms with Crippen LogP contribution in [0.4, 0.5) is 0 Å². The molecule has 0 saturated heterocycles. The first-order valence-electron chi connectivity index (χ1n) is 5.94. The molecule has 15 heavy (non-hydrogen) atoms. The third-order valence-electron chi connectivity index (χ3n) is 3.89. The van der Waals surface area contributed by atoms with Crippen molar-refractivity contribution in [3.8, 4) is 0 Å². The number of carboxylic acid groups (broad SMARTS) is 1. The molecule has 3 heteroatoms. The molecule has 1 aliphatic rings. The maximum absolute atomic E-state index is 10.9. The van der Waals surface area contributed by atoms with Gasteiger partial charge in [-0.2, -0.15) is 0 Å². The van der Waals surface area contributed by atoms with Crippen molar-refractivity contribution in [1.29, 1.82) is 0 Å². The second-order valence-electron chi connectivity index (χ2n) is 4.93. The van der Waals surface area contributed by atoms with Crippen molar-refractivity contribution in [1.82, 2.24) is 0 Å². The van der Waals surface area contributed by atoms with Crippen molar-refractivity contribution >= 4 is 5.97 Å².